The summed E-state index contributed by atoms with van der Waals surface area (Å²) < 4.78 is 1.88. The van der Waals surface area contributed by atoms with Gasteiger partial charge in [-0.15, -0.1) is 0 Å². The average molecular weight is 213 g/mol. The quantitative estimate of drug-likeness (QED) is 0.608. The van der Waals surface area contributed by atoms with Crippen molar-refractivity contribution in [3.05, 3.63) is 18.0 Å². The van der Waals surface area contributed by atoms with Gasteiger partial charge in [0.2, 0.25) is 0 Å². The second-order valence-electron chi connectivity index (χ2n) is 3.87. The van der Waals surface area contributed by atoms with Crippen molar-refractivity contribution in [3.63, 3.8) is 0 Å². The fourth-order valence-electron chi connectivity index (χ4n) is 1.26. The van der Waals surface area contributed by atoms with E-state index in [9.17, 15) is 0 Å². The van der Waals surface area contributed by atoms with Gasteiger partial charge >= 0.3 is 0 Å². The van der Waals surface area contributed by atoms with Gasteiger partial charge in [-0.05, 0) is 19.9 Å². The largest absolute Gasteiger partial charge is 0.394 e. The van der Waals surface area contributed by atoms with Crippen LogP contribution >= 0.6 is 0 Å². The minimum Gasteiger partial charge on any atom is -0.394 e. The molecule has 5 nitrogen and oxygen atoms in total. The number of aromatic nitrogens is 2. The van der Waals surface area contributed by atoms with Gasteiger partial charge < -0.3 is 15.5 Å². The van der Waals surface area contributed by atoms with Crippen LogP contribution in [0.4, 0.5) is 0 Å². The van der Waals surface area contributed by atoms with E-state index in [1.807, 2.05) is 17.7 Å². The molecule has 0 aliphatic carbocycles. The average Bonchev–Trinajstić information content (AvgIpc) is 2.73. The Kier molecular flexibility index (Phi) is 4.26. The van der Waals surface area contributed by atoms with E-state index < -0.39 is 5.54 Å². The first-order chi connectivity index (χ1) is 7.15. The molecule has 3 N–H and O–H groups in total. The number of hydrogen-bond acceptors (Lipinski definition) is 4. The molecule has 15 heavy (non-hydrogen) atoms. The third-order valence-corrected chi connectivity index (χ3v) is 2.50. The van der Waals surface area contributed by atoms with E-state index in [0.717, 1.165) is 12.2 Å². The molecule has 0 fully saturated rings. The van der Waals surface area contributed by atoms with Crippen molar-refractivity contribution >= 4 is 0 Å². The summed E-state index contributed by atoms with van der Waals surface area (Å²) in [7, 11) is 0. The highest BCUT2D eigenvalue weighted by Crippen LogP contribution is 2.04. The lowest BCUT2D eigenvalue weighted by atomic mass is 10.1. The van der Waals surface area contributed by atoms with Crippen LogP contribution in [0.15, 0.2) is 12.3 Å². The molecule has 86 valence electrons. The minimum atomic E-state index is -0.636. The van der Waals surface area contributed by atoms with Crippen LogP contribution in [-0.2, 0) is 13.1 Å². The number of aliphatic hydroxyl groups is 2. The fraction of sp³-hybridized carbons (Fsp3) is 0.700. The highest BCUT2D eigenvalue weighted by molar-refractivity contribution is 5.01. The first-order valence-corrected chi connectivity index (χ1v) is 5.12. The van der Waals surface area contributed by atoms with Crippen LogP contribution in [0.5, 0.6) is 0 Å². The Morgan fingerprint density at radius 1 is 1.47 bits per heavy atom. The number of aliphatic hydroxyl groups excluding tert-OH is 2. The molecule has 0 spiro atoms. The fourth-order valence-corrected chi connectivity index (χ4v) is 1.26. The minimum absolute atomic E-state index is 0.0935. The van der Waals surface area contributed by atoms with Crippen molar-refractivity contribution in [2.75, 3.05) is 13.2 Å². The molecule has 1 aromatic rings. The summed E-state index contributed by atoms with van der Waals surface area (Å²) in [6.45, 7) is 5.02. The van der Waals surface area contributed by atoms with E-state index in [4.69, 9.17) is 10.2 Å². The highest BCUT2D eigenvalue weighted by Gasteiger charge is 2.21. The summed E-state index contributed by atoms with van der Waals surface area (Å²) in [5.41, 5.74) is 0.411. The summed E-state index contributed by atoms with van der Waals surface area (Å²) in [5, 5.41) is 25.4. The molecule has 1 heterocycles. The predicted molar refractivity (Wildman–Crippen MR) is 57.3 cm³/mol. The summed E-state index contributed by atoms with van der Waals surface area (Å²) >= 11 is 0. The molecule has 0 aliphatic rings. The van der Waals surface area contributed by atoms with Gasteiger partial charge in [-0.1, -0.05) is 0 Å². The van der Waals surface area contributed by atoms with Crippen LogP contribution in [0.1, 0.15) is 19.5 Å². The maximum Gasteiger partial charge on any atom is 0.0633 e. The molecule has 0 radical (unpaired) electrons. The van der Waals surface area contributed by atoms with Crippen LogP contribution in [0.3, 0.4) is 0 Å². The zero-order chi connectivity index (χ0) is 11.3. The van der Waals surface area contributed by atoms with Gasteiger partial charge in [0.05, 0.1) is 24.4 Å². The summed E-state index contributed by atoms with van der Waals surface area (Å²) in [6, 6.07) is 1.92. The van der Waals surface area contributed by atoms with Crippen LogP contribution in [-0.4, -0.2) is 38.7 Å². The van der Waals surface area contributed by atoms with Gasteiger partial charge in [0.15, 0.2) is 0 Å². The Balaban J connectivity index is 2.56. The Bertz CT molecular complexity index is 295. The molecule has 0 unspecified atom stereocenters. The van der Waals surface area contributed by atoms with Crippen LogP contribution in [0.25, 0.3) is 0 Å². The van der Waals surface area contributed by atoms with Gasteiger partial charge in [-0.3, -0.25) is 4.68 Å². The Hall–Kier alpha value is -0.910. The Labute approximate surface area is 89.7 Å². The van der Waals surface area contributed by atoms with Gasteiger partial charge in [-0.2, -0.15) is 5.10 Å². The van der Waals surface area contributed by atoms with Crippen LogP contribution in [0.2, 0.25) is 0 Å². The van der Waals surface area contributed by atoms with Crippen LogP contribution in [0, 0.1) is 0 Å². The Morgan fingerprint density at radius 3 is 2.67 bits per heavy atom. The van der Waals surface area contributed by atoms with Crippen molar-refractivity contribution in [1.29, 1.82) is 0 Å². The smallest absolute Gasteiger partial charge is 0.0633 e. The topological polar surface area (TPSA) is 70.3 Å². The lowest BCUT2D eigenvalue weighted by Crippen LogP contribution is -2.48. The predicted octanol–water partition coefficient (Wildman–Crippen LogP) is -0.264. The van der Waals surface area contributed by atoms with Crippen molar-refractivity contribution in [2.24, 2.45) is 0 Å². The van der Waals surface area contributed by atoms with Crippen molar-refractivity contribution in [3.8, 4) is 0 Å². The van der Waals surface area contributed by atoms with E-state index in [1.54, 1.807) is 13.1 Å². The molecule has 0 aliphatic heterocycles. The first kappa shape index (κ1) is 12.2. The highest BCUT2D eigenvalue weighted by atomic mass is 16.3. The number of hydrogen-bond donors (Lipinski definition) is 3. The summed E-state index contributed by atoms with van der Waals surface area (Å²) in [5.74, 6) is 0. The second-order valence-corrected chi connectivity index (χ2v) is 3.87. The molecule has 0 saturated carbocycles. The lowest BCUT2D eigenvalue weighted by Gasteiger charge is -2.26. The molecule has 0 bridgehead atoms. The van der Waals surface area contributed by atoms with Gasteiger partial charge in [0.25, 0.3) is 0 Å². The molecule has 5 heteroatoms. The lowest BCUT2D eigenvalue weighted by molar-refractivity contribution is 0.102. The number of rotatable bonds is 6. The Morgan fingerprint density at radius 2 is 2.13 bits per heavy atom. The van der Waals surface area contributed by atoms with Gasteiger partial charge in [0, 0.05) is 19.3 Å². The molecule has 1 aromatic heterocycles. The molecule has 0 amide bonds. The van der Waals surface area contributed by atoms with E-state index in [-0.39, 0.29) is 13.2 Å². The molecule has 0 aromatic carbocycles. The zero-order valence-electron chi connectivity index (χ0n) is 9.27. The van der Waals surface area contributed by atoms with Gasteiger partial charge in [0.1, 0.15) is 0 Å². The van der Waals surface area contributed by atoms with Crippen LogP contribution < -0.4 is 5.32 Å². The third kappa shape index (κ3) is 3.02. The molecular weight excluding hydrogens is 194 g/mol. The normalized spacial score (nSPS) is 12.0. The third-order valence-electron chi connectivity index (χ3n) is 2.50. The first-order valence-electron chi connectivity index (χ1n) is 5.12. The van der Waals surface area contributed by atoms with Crippen molar-refractivity contribution in [1.82, 2.24) is 15.1 Å². The maximum absolute atomic E-state index is 9.10. The summed E-state index contributed by atoms with van der Waals surface area (Å²) in [6.07, 6.45) is 1.75. The van der Waals surface area contributed by atoms with E-state index in [0.29, 0.717) is 6.54 Å². The van der Waals surface area contributed by atoms with Crippen molar-refractivity contribution in [2.45, 2.75) is 32.5 Å². The number of nitrogens with zero attached hydrogens (tertiary/aromatic N) is 2. The number of aryl methyl sites for hydroxylation is 1. The SMILES string of the molecule is CCn1nccc1CNC(C)(CO)CO. The van der Waals surface area contributed by atoms with E-state index >= 15 is 0 Å². The second kappa shape index (κ2) is 5.25. The molecular formula is C10H19N3O2. The standard InChI is InChI=1S/C10H19N3O2/c1-3-13-9(4-5-12-13)6-11-10(2,7-14)8-15/h4-5,11,14-15H,3,6-8H2,1-2H3. The molecule has 0 saturated heterocycles. The summed E-state index contributed by atoms with van der Waals surface area (Å²) in [4.78, 5) is 0. The van der Waals surface area contributed by atoms with Crippen molar-refractivity contribution < 1.29 is 10.2 Å². The van der Waals surface area contributed by atoms with Gasteiger partial charge in [-0.25, -0.2) is 0 Å². The molecule has 0 atom stereocenters. The maximum atomic E-state index is 9.10. The van der Waals surface area contributed by atoms with E-state index in [1.165, 1.54) is 0 Å². The zero-order valence-corrected chi connectivity index (χ0v) is 9.27. The van der Waals surface area contributed by atoms with E-state index in [2.05, 4.69) is 10.4 Å². The molecule has 1 rings (SSSR count). The monoisotopic (exact) mass is 213 g/mol. The number of nitrogens with one attached hydrogen (secondary N) is 1.